The molecular weight excluding hydrogens is 452 g/mol. The van der Waals surface area contributed by atoms with Gasteiger partial charge < -0.3 is 14.4 Å². The number of carboxylic acids is 1. The van der Waals surface area contributed by atoms with Gasteiger partial charge in [0.1, 0.15) is 11.6 Å². The van der Waals surface area contributed by atoms with Gasteiger partial charge in [-0.25, -0.2) is 9.78 Å². The first-order valence-electron chi connectivity index (χ1n) is 10.0. The standard InChI is InChI=1S/C23H21ClN2O5S/c24-17-10-7-15(8-11-17)16-9-12-22(25-13-16)26(32(29)30)20-5-1-4-19-18(20)3-2-6-21(19)31-14-23(27)28/h2-3,6-13,20H,1,4-5,14H2,(H,27,28)(H,29,30)/p-1. The van der Waals surface area contributed by atoms with Gasteiger partial charge in [-0.2, -0.15) is 0 Å². The molecule has 1 N–H and O–H groups in total. The molecule has 0 bridgehead atoms. The van der Waals surface area contributed by atoms with Gasteiger partial charge in [-0.3, -0.25) is 8.51 Å². The van der Waals surface area contributed by atoms with Crippen molar-refractivity contribution >= 4 is 34.7 Å². The van der Waals surface area contributed by atoms with Crippen LogP contribution in [-0.4, -0.2) is 31.4 Å². The SMILES string of the molecule is O=C(O)COc1cccc2c1CCCC2N(c1ccc(-c2ccc(Cl)cc2)cn1)S(=O)[O-]. The number of nitrogens with zero attached hydrogens (tertiary/aromatic N) is 2. The summed E-state index contributed by atoms with van der Waals surface area (Å²) in [6, 6.07) is 15.7. The van der Waals surface area contributed by atoms with Crippen LogP contribution in [0.3, 0.4) is 0 Å². The molecule has 0 radical (unpaired) electrons. The summed E-state index contributed by atoms with van der Waals surface area (Å²) >= 11 is 3.38. The summed E-state index contributed by atoms with van der Waals surface area (Å²) in [5.41, 5.74) is 3.40. The van der Waals surface area contributed by atoms with Gasteiger partial charge in [0.15, 0.2) is 6.61 Å². The number of hydrogen-bond donors (Lipinski definition) is 1. The topological polar surface area (TPSA) is 103 Å². The zero-order valence-corrected chi connectivity index (χ0v) is 18.5. The summed E-state index contributed by atoms with van der Waals surface area (Å²) in [6.07, 6.45) is 3.67. The zero-order chi connectivity index (χ0) is 22.7. The third-order valence-corrected chi connectivity index (χ3v) is 6.39. The Labute approximate surface area is 193 Å². The first-order valence-corrected chi connectivity index (χ1v) is 11.4. The van der Waals surface area contributed by atoms with Crippen molar-refractivity contribution in [2.75, 3.05) is 10.9 Å². The van der Waals surface area contributed by atoms with Crippen LogP contribution in [0.25, 0.3) is 11.1 Å². The number of aromatic nitrogens is 1. The van der Waals surface area contributed by atoms with Gasteiger partial charge in [0.2, 0.25) is 0 Å². The van der Waals surface area contributed by atoms with Gasteiger partial charge in [0, 0.05) is 28.0 Å². The van der Waals surface area contributed by atoms with Crippen LogP contribution in [0.1, 0.15) is 30.0 Å². The Balaban J connectivity index is 1.66. The zero-order valence-electron chi connectivity index (χ0n) is 16.9. The highest BCUT2D eigenvalue weighted by Crippen LogP contribution is 2.40. The lowest BCUT2D eigenvalue weighted by Crippen LogP contribution is -2.33. The second-order valence-electron chi connectivity index (χ2n) is 7.37. The molecule has 2 unspecified atom stereocenters. The number of hydrogen-bond acceptors (Lipinski definition) is 5. The monoisotopic (exact) mass is 471 g/mol. The second kappa shape index (κ2) is 9.68. The Bertz CT molecular complexity index is 1140. The lowest BCUT2D eigenvalue weighted by Gasteiger charge is -2.37. The molecule has 0 saturated heterocycles. The number of benzene rings is 2. The molecule has 2 aromatic carbocycles. The number of pyridine rings is 1. The van der Waals surface area contributed by atoms with Crippen molar-refractivity contribution in [3.8, 4) is 16.9 Å². The van der Waals surface area contributed by atoms with Gasteiger partial charge >= 0.3 is 5.97 Å². The van der Waals surface area contributed by atoms with Crippen molar-refractivity contribution in [2.24, 2.45) is 0 Å². The minimum atomic E-state index is -2.56. The molecule has 0 aliphatic heterocycles. The summed E-state index contributed by atoms with van der Waals surface area (Å²) in [4.78, 5) is 15.3. The average Bonchev–Trinajstić information content (AvgIpc) is 2.79. The fourth-order valence-electron chi connectivity index (χ4n) is 3.98. The van der Waals surface area contributed by atoms with Crippen LogP contribution in [0, 0.1) is 0 Å². The van der Waals surface area contributed by atoms with E-state index in [1.807, 2.05) is 24.3 Å². The molecule has 0 spiro atoms. The highest BCUT2D eigenvalue weighted by Gasteiger charge is 2.29. The molecule has 4 rings (SSSR count). The van der Waals surface area contributed by atoms with Gasteiger partial charge in [0.25, 0.3) is 0 Å². The minimum absolute atomic E-state index is 0.311. The van der Waals surface area contributed by atoms with Crippen molar-refractivity contribution < 1.29 is 23.4 Å². The van der Waals surface area contributed by atoms with Crippen LogP contribution in [0.15, 0.2) is 60.8 Å². The third-order valence-electron chi connectivity index (χ3n) is 5.38. The molecule has 1 aliphatic rings. The van der Waals surface area contributed by atoms with Crippen molar-refractivity contribution in [1.29, 1.82) is 0 Å². The molecule has 9 heteroatoms. The van der Waals surface area contributed by atoms with E-state index in [4.69, 9.17) is 21.4 Å². The summed E-state index contributed by atoms with van der Waals surface area (Å²) in [6.45, 7) is -0.452. The molecule has 1 aromatic heterocycles. The van der Waals surface area contributed by atoms with E-state index in [1.165, 1.54) is 4.31 Å². The van der Waals surface area contributed by atoms with Crippen molar-refractivity contribution in [2.45, 2.75) is 25.3 Å². The number of rotatable bonds is 7. The molecule has 7 nitrogen and oxygen atoms in total. The molecular formula is C23H20ClN2O5S-. The minimum Gasteiger partial charge on any atom is -0.755 e. The highest BCUT2D eigenvalue weighted by molar-refractivity contribution is 7.80. The van der Waals surface area contributed by atoms with E-state index >= 15 is 0 Å². The number of fused-ring (bicyclic) bond motifs is 1. The molecule has 1 heterocycles. The summed E-state index contributed by atoms with van der Waals surface area (Å²) in [5, 5.41) is 9.56. The van der Waals surface area contributed by atoms with Crippen LogP contribution in [-0.2, 0) is 22.5 Å². The lowest BCUT2D eigenvalue weighted by atomic mass is 9.87. The molecule has 0 saturated carbocycles. The Morgan fingerprint density at radius 3 is 2.59 bits per heavy atom. The van der Waals surface area contributed by atoms with Crippen molar-refractivity contribution in [1.82, 2.24) is 4.98 Å². The maximum atomic E-state index is 12.3. The Morgan fingerprint density at radius 1 is 1.19 bits per heavy atom. The first kappa shape index (κ1) is 22.3. The molecule has 1 aliphatic carbocycles. The predicted octanol–water partition coefficient (Wildman–Crippen LogP) is 4.54. The van der Waals surface area contributed by atoms with E-state index in [0.717, 1.165) is 28.7 Å². The van der Waals surface area contributed by atoms with E-state index in [1.54, 1.807) is 36.5 Å². The van der Waals surface area contributed by atoms with Gasteiger partial charge in [-0.1, -0.05) is 35.9 Å². The van der Waals surface area contributed by atoms with E-state index in [-0.39, 0.29) is 0 Å². The lowest BCUT2D eigenvalue weighted by molar-refractivity contribution is -0.139. The smallest absolute Gasteiger partial charge is 0.341 e. The van der Waals surface area contributed by atoms with Gasteiger partial charge in [0.05, 0.1) is 6.04 Å². The van der Waals surface area contributed by atoms with Gasteiger partial charge in [-0.05, 0) is 66.3 Å². The highest BCUT2D eigenvalue weighted by atomic mass is 35.5. The number of ether oxygens (including phenoxy) is 1. The maximum absolute atomic E-state index is 12.3. The largest absolute Gasteiger partial charge is 0.755 e. The van der Waals surface area contributed by atoms with Crippen LogP contribution < -0.4 is 9.04 Å². The Kier molecular flexibility index (Phi) is 6.74. The number of carbonyl (C=O) groups is 1. The fourth-order valence-corrected chi connectivity index (χ4v) is 4.79. The second-order valence-corrected chi connectivity index (χ2v) is 8.63. The number of carboxylic acid groups (broad SMARTS) is 1. The fraction of sp³-hybridized carbons (Fsp3) is 0.217. The first-order chi connectivity index (χ1) is 15.4. The van der Waals surface area contributed by atoms with E-state index in [0.29, 0.717) is 29.4 Å². The molecule has 32 heavy (non-hydrogen) atoms. The number of anilines is 1. The van der Waals surface area contributed by atoms with Crippen LogP contribution in [0.4, 0.5) is 5.82 Å². The normalized spacial score (nSPS) is 16.1. The number of aliphatic carboxylic acids is 1. The summed E-state index contributed by atoms with van der Waals surface area (Å²) < 4.78 is 31.2. The van der Waals surface area contributed by atoms with Gasteiger partial charge in [-0.15, -0.1) is 0 Å². The molecule has 166 valence electrons. The quantitative estimate of drug-likeness (QED) is 0.507. The average molecular weight is 472 g/mol. The third kappa shape index (κ3) is 4.77. The Morgan fingerprint density at radius 2 is 1.94 bits per heavy atom. The van der Waals surface area contributed by atoms with Crippen molar-refractivity contribution in [3.05, 3.63) is 76.9 Å². The van der Waals surface area contributed by atoms with Crippen LogP contribution in [0.2, 0.25) is 5.02 Å². The molecule has 0 fully saturated rings. The molecule has 0 amide bonds. The Hall–Kier alpha value is -2.94. The van der Waals surface area contributed by atoms with Crippen LogP contribution in [0.5, 0.6) is 5.75 Å². The predicted molar refractivity (Wildman–Crippen MR) is 121 cm³/mol. The van der Waals surface area contributed by atoms with Crippen molar-refractivity contribution in [3.63, 3.8) is 0 Å². The maximum Gasteiger partial charge on any atom is 0.341 e. The molecule has 3 aromatic rings. The number of halogens is 1. The van der Waals surface area contributed by atoms with E-state index in [2.05, 4.69) is 4.98 Å². The van der Waals surface area contributed by atoms with E-state index in [9.17, 15) is 13.6 Å². The van der Waals surface area contributed by atoms with E-state index < -0.39 is 29.9 Å². The summed E-state index contributed by atoms with van der Waals surface area (Å²) in [7, 11) is 0. The molecule has 2 atom stereocenters. The summed E-state index contributed by atoms with van der Waals surface area (Å²) in [5.74, 6) is -0.287. The van der Waals surface area contributed by atoms with Crippen LogP contribution >= 0.6 is 11.6 Å².